The zero-order valence-corrected chi connectivity index (χ0v) is 22.2. The van der Waals surface area contributed by atoms with E-state index in [1.807, 2.05) is 13.0 Å². The molecule has 202 valence electrons. The van der Waals surface area contributed by atoms with Gasteiger partial charge in [0.25, 0.3) is 17.7 Å². The number of rotatable bonds is 10. The molecule has 2 aromatic rings. The third-order valence-corrected chi connectivity index (χ3v) is 6.14. The topological polar surface area (TPSA) is 126 Å². The maximum absolute atomic E-state index is 13.6. The van der Waals surface area contributed by atoms with Crippen LogP contribution in [0.25, 0.3) is 0 Å². The number of hydrogen-bond acceptors (Lipinski definition) is 7. The summed E-state index contributed by atoms with van der Waals surface area (Å²) < 4.78 is 10.2. The Kier molecular flexibility index (Phi) is 9.43. The van der Waals surface area contributed by atoms with Crippen LogP contribution in [0.2, 0.25) is 5.02 Å². The third kappa shape index (κ3) is 6.12. The molecular formula is C26H29ClN4O7. The van der Waals surface area contributed by atoms with Gasteiger partial charge < -0.3 is 19.7 Å². The van der Waals surface area contributed by atoms with Crippen molar-refractivity contribution in [2.24, 2.45) is 0 Å². The monoisotopic (exact) mass is 544 g/mol. The van der Waals surface area contributed by atoms with Gasteiger partial charge in [0, 0.05) is 27.7 Å². The Labute approximate surface area is 225 Å². The number of urea groups is 1. The van der Waals surface area contributed by atoms with E-state index in [-0.39, 0.29) is 29.4 Å². The fourth-order valence-corrected chi connectivity index (χ4v) is 4.02. The Morgan fingerprint density at radius 3 is 2.42 bits per heavy atom. The number of nitrogens with zero attached hydrogens (tertiary/aromatic N) is 3. The first-order valence-corrected chi connectivity index (χ1v) is 12.2. The summed E-state index contributed by atoms with van der Waals surface area (Å²) in [5.41, 5.74) is 0.895. The number of benzene rings is 2. The number of amides is 5. The van der Waals surface area contributed by atoms with Crippen LogP contribution in [0.3, 0.4) is 0 Å². The number of ether oxygens (including phenoxy) is 2. The number of esters is 1. The van der Waals surface area contributed by atoms with Crippen molar-refractivity contribution in [1.82, 2.24) is 14.7 Å². The van der Waals surface area contributed by atoms with E-state index < -0.39 is 42.0 Å². The summed E-state index contributed by atoms with van der Waals surface area (Å²) in [5, 5.41) is 2.57. The highest BCUT2D eigenvalue weighted by Gasteiger charge is 2.52. The molecule has 0 radical (unpaired) electrons. The van der Waals surface area contributed by atoms with Crippen LogP contribution in [0.5, 0.6) is 0 Å². The van der Waals surface area contributed by atoms with Gasteiger partial charge in [-0.2, -0.15) is 0 Å². The van der Waals surface area contributed by atoms with E-state index >= 15 is 0 Å². The highest BCUT2D eigenvalue weighted by molar-refractivity contribution is 6.34. The van der Waals surface area contributed by atoms with E-state index in [0.717, 1.165) is 10.5 Å². The number of imide groups is 1. The van der Waals surface area contributed by atoms with E-state index in [4.69, 9.17) is 21.1 Å². The van der Waals surface area contributed by atoms with Gasteiger partial charge in [-0.05, 0) is 30.2 Å². The number of carbonyl (C=O) groups excluding carboxylic acids is 5. The number of likely N-dealkylation sites (N-methyl/N-ethyl adjacent to an activating group) is 2. The Morgan fingerprint density at radius 2 is 1.82 bits per heavy atom. The first-order chi connectivity index (χ1) is 18.1. The van der Waals surface area contributed by atoms with Gasteiger partial charge in [0.05, 0.1) is 22.9 Å². The normalized spacial score (nSPS) is 15.9. The minimum atomic E-state index is -1.88. The quantitative estimate of drug-likeness (QED) is 0.277. The first-order valence-electron chi connectivity index (χ1n) is 11.8. The van der Waals surface area contributed by atoms with Crippen molar-refractivity contribution in [2.45, 2.75) is 32.2 Å². The number of methoxy groups -OCH3 is 1. The maximum atomic E-state index is 13.6. The zero-order chi connectivity index (χ0) is 28.0. The molecule has 0 saturated carbocycles. The molecule has 3 rings (SSSR count). The van der Waals surface area contributed by atoms with Gasteiger partial charge in [-0.3, -0.25) is 19.3 Å². The fourth-order valence-electron chi connectivity index (χ4n) is 3.86. The van der Waals surface area contributed by atoms with Crippen LogP contribution < -0.4 is 5.32 Å². The summed E-state index contributed by atoms with van der Waals surface area (Å²) in [4.78, 5) is 68.3. The highest BCUT2D eigenvalue weighted by atomic mass is 35.5. The summed E-state index contributed by atoms with van der Waals surface area (Å²) in [6.45, 7) is 2.17. The lowest BCUT2D eigenvalue weighted by Gasteiger charge is -2.28. The third-order valence-electron chi connectivity index (χ3n) is 5.81. The minimum Gasteiger partial charge on any atom is -0.462 e. The largest absolute Gasteiger partial charge is 0.462 e. The average Bonchev–Trinajstić information content (AvgIpc) is 3.11. The number of anilines is 1. The molecule has 38 heavy (non-hydrogen) atoms. The van der Waals surface area contributed by atoms with Crippen molar-refractivity contribution in [3.05, 3.63) is 64.7 Å². The molecule has 0 spiro atoms. The predicted molar refractivity (Wildman–Crippen MR) is 138 cm³/mol. The van der Waals surface area contributed by atoms with Gasteiger partial charge in [0.2, 0.25) is 6.23 Å². The molecule has 1 heterocycles. The summed E-state index contributed by atoms with van der Waals surface area (Å²) >= 11 is 6.25. The summed E-state index contributed by atoms with van der Waals surface area (Å²) in [6.07, 6.45) is -0.678. The van der Waals surface area contributed by atoms with E-state index in [0.29, 0.717) is 11.3 Å². The average molecular weight is 545 g/mol. The smallest absolute Gasteiger partial charge is 0.338 e. The molecule has 0 aliphatic carbocycles. The SMILES string of the molecule is CCCOC(=O)c1ccc(Cl)c(NC(=O)C(C(=O)N(C)Cc2ccccc2)N2C(=O)C(OC)N(C)C2=O)c1. The van der Waals surface area contributed by atoms with Crippen molar-refractivity contribution < 1.29 is 33.4 Å². The second-order valence-corrected chi connectivity index (χ2v) is 9.00. The lowest BCUT2D eigenvalue weighted by atomic mass is 10.1. The van der Waals surface area contributed by atoms with Crippen molar-refractivity contribution in [2.75, 3.05) is 33.1 Å². The molecule has 2 atom stereocenters. The number of hydrogen-bond donors (Lipinski definition) is 1. The molecule has 2 unspecified atom stereocenters. The first kappa shape index (κ1) is 28.6. The second-order valence-electron chi connectivity index (χ2n) is 8.59. The van der Waals surface area contributed by atoms with Crippen molar-refractivity contribution in [1.29, 1.82) is 0 Å². The van der Waals surface area contributed by atoms with Crippen molar-refractivity contribution in [3.63, 3.8) is 0 Å². The molecule has 1 saturated heterocycles. The Balaban J connectivity index is 1.95. The second kappa shape index (κ2) is 12.5. The molecular weight excluding hydrogens is 516 g/mol. The Morgan fingerprint density at radius 1 is 1.13 bits per heavy atom. The molecule has 0 bridgehead atoms. The molecule has 5 amide bonds. The molecule has 1 aliphatic rings. The molecule has 2 aromatic carbocycles. The van der Waals surface area contributed by atoms with Crippen LogP contribution >= 0.6 is 11.6 Å². The fraction of sp³-hybridized carbons (Fsp3) is 0.346. The standard InChI is InChI=1S/C26H29ClN4O7/c1-5-13-38-25(35)17-11-12-18(27)19(14-17)28-21(32)20(31-23(34)24(37-4)30(3)26(31)36)22(33)29(2)15-16-9-7-6-8-10-16/h6-12,14,20,24H,5,13,15H2,1-4H3,(H,28,32). The van der Waals surface area contributed by atoms with Crippen LogP contribution in [0.1, 0.15) is 29.3 Å². The molecule has 11 nitrogen and oxygen atoms in total. The van der Waals surface area contributed by atoms with Crippen LogP contribution in [-0.2, 0) is 30.4 Å². The number of halogens is 1. The van der Waals surface area contributed by atoms with Gasteiger partial charge in [-0.15, -0.1) is 0 Å². The molecule has 1 aliphatic heterocycles. The number of nitrogens with one attached hydrogen (secondary N) is 1. The highest BCUT2D eigenvalue weighted by Crippen LogP contribution is 2.26. The molecule has 12 heteroatoms. The van der Waals surface area contributed by atoms with E-state index in [2.05, 4.69) is 5.32 Å². The van der Waals surface area contributed by atoms with Crippen LogP contribution in [0.15, 0.2) is 48.5 Å². The predicted octanol–water partition coefficient (Wildman–Crippen LogP) is 2.74. The van der Waals surface area contributed by atoms with Gasteiger partial charge in [-0.1, -0.05) is 48.9 Å². The summed E-state index contributed by atoms with van der Waals surface area (Å²) in [7, 11) is 4.01. The van der Waals surface area contributed by atoms with Gasteiger partial charge in [-0.25, -0.2) is 14.5 Å². The van der Waals surface area contributed by atoms with Crippen LogP contribution in [0, 0.1) is 0 Å². The van der Waals surface area contributed by atoms with Crippen molar-refractivity contribution in [3.8, 4) is 0 Å². The lowest BCUT2D eigenvalue weighted by Crippen LogP contribution is -2.56. The Bertz CT molecular complexity index is 1220. The van der Waals surface area contributed by atoms with E-state index in [1.165, 1.54) is 44.3 Å². The van der Waals surface area contributed by atoms with Crippen molar-refractivity contribution >= 4 is 47.0 Å². The Hall–Kier alpha value is -3.96. The summed E-state index contributed by atoms with van der Waals surface area (Å²) in [5.74, 6) is -3.30. The van der Waals surface area contributed by atoms with Crippen LogP contribution in [-0.4, -0.2) is 84.5 Å². The maximum Gasteiger partial charge on any atom is 0.338 e. The van der Waals surface area contributed by atoms with E-state index in [9.17, 15) is 24.0 Å². The summed E-state index contributed by atoms with van der Waals surface area (Å²) in [6, 6.07) is 10.4. The molecule has 0 aromatic heterocycles. The van der Waals surface area contributed by atoms with Gasteiger partial charge >= 0.3 is 12.0 Å². The molecule has 1 fully saturated rings. The molecule has 1 N–H and O–H groups in total. The zero-order valence-electron chi connectivity index (χ0n) is 21.5. The van der Waals surface area contributed by atoms with E-state index in [1.54, 1.807) is 24.3 Å². The van der Waals surface area contributed by atoms with Crippen LogP contribution in [0.4, 0.5) is 10.5 Å². The van der Waals surface area contributed by atoms with Gasteiger partial charge in [0.15, 0.2) is 6.04 Å². The minimum absolute atomic E-state index is 0.00173. The van der Waals surface area contributed by atoms with Gasteiger partial charge in [0.1, 0.15) is 0 Å². The lowest BCUT2D eigenvalue weighted by molar-refractivity contribution is -0.149. The number of carbonyl (C=O) groups is 5.